The average Bonchev–Trinajstić information content (AvgIpc) is 2.77. The first-order valence-corrected chi connectivity index (χ1v) is 11.9. The molecule has 0 bridgehead atoms. The molecule has 2 N–H and O–H groups in total. The first kappa shape index (κ1) is 24.1. The van der Waals surface area contributed by atoms with Crippen molar-refractivity contribution in [3.05, 3.63) is 83.4 Å². The van der Waals surface area contributed by atoms with Gasteiger partial charge in [-0.05, 0) is 74.4 Å². The number of ether oxygens (including phenoxy) is 2. The number of hydrogen-bond donors (Lipinski definition) is 2. The van der Waals surface area contributed by atoms with Crippen LogP contribution >= 0.6 is 0 Å². The standard InChI is InChI=1S/C25H28N2O5S/c1-17-13-18(2)15-20(14-17)27-33(29,30)22-11-9-21(10-12-22)32-16-25(28)26-19(3)23-7-5-6-8-24(23)31-4/h5-15,19,27H,16H2,1-4H3,(H,26,28)/t19-/m0/s1. The van der Waals surface area contributed by atoms with E-state index in [2.05, 4.69) is 10.0 Å². The third-order valence-corrected chi connectivity index (χ3v) is 6.36. The van der Waals surface area contributed by atoms with E-state index in [-0.39, 0.29) is 23.5 Å². The van der Waals surface area contributed by atoms with Crippen LogP contribution in [0.1, 0.15) is 29.7 Å². The van der Waals surface area contributed by atoms with Gasteiger partial charge in [0.05, 0.1) is 18.0 Å². The predicted octanol–water partition coefficient (Wildman–Crippen LogP) is 4.37. The van der Waals surface area contributed by atoms with Crippen LogP contribution in [0, 0.1) is 13.8 Å². The number of hydrogen-bond acceptors (Lipinski definition) is 5. The molecule has 0 aliphatic rings. The van der Waals surface area contributed by atoms with Crippen molar-refractivity contribution >= 4 is 21.6 Å². The lowest BCUT2D eigenvalue weighted by Gasteiger charge is -2.17. The molecule has 3 aromatic rings. The molecule has 33 heavy (non-hydrogen) atoms. The van der Waals surface area contributed by atoms with Crippen LogP contribution in [-0.4, -0.2) is 28.0 Å². The van der Waals surface area contributed by atoms with Gasteiger partial charge in [-0.3, -0.25) is 9.52 Å². The Bertz CT molecular complexity index is 1200. The largest absolute Gasteiger partial charge is 0.496 e. The van der Waals surface area contributed by atoms with Crippen LogP contribution in [0.5, 0.6) is 11.5 Å². The lowest BCUT2D eigenvalue weighted by molar-refractivity contribution is -0.123. The maximum absolute atomic E-state index is 12.7. The first-order valence-electron chi connectivity index (χ1n) is 10.4. The Balaban J connectivity index is 1.58. The molecule has 8 heteroatoms. The molecule has 3 aromatic carbocycles. The second-order valence-electron chi connectivity index (χ2n) is 7.77. The van der Waals surface area contributed by atoms with Crippen molar-refractivity contribution in [2.24, 2.45) is 0 Å². The number of methoxy groups -OCH3 is 1. The van der Waals surface area contributed by atoms with E-state index in [0.717, 1.165) is 16.7 Å². The van der Waals surface area contributed by atoms with Gasteiger partial charge < -0.3 is 14.8 Å². The fourth-order valence-corrected chi connectivity index (χ4v) is 4.54. The predicted molar refractivity (Wildman–Crippen MR) is 128 cm³/mol. The number of benzene rings is 3. The van der Waals surface area contributed by atoms with Gasteiger partial charge in [-0.25, -0.2) is 8.42 Å². The minimum Gasteiger partial charge on any atom is -0.496 e. The molecule has 0 unspecified atom stereocenters. The number of para-hydroxylation sites is 1. The molecule has 1 amide bonds. The summed E-state index contributed by atoms with van der Waals surface area (Å²) in [5.41, 5.74) is 3.30. The van der Waals surface area contributed by atoms with E-state index in [4.69, 9.17) is 9.47 Å². The van der Waals surface area contributed by atoms with Crippen molar-refractivity contribution in [1.82, 2.24) is 5.32 Å². The van der Waals surface area contributed by atoms with Gasteiger partial charge in [-0.15, -0.1) is 0 Å². The number of carbonyl (C=O) groups excluding carboxylic acids is 1. The quantitative estimate of drug-likeness (QED) is 0.486. The van der Waals surface area contributed by atoms with E-state index in [1.165, 1.54) is 24.3 Å². The van der Waals surface area contributed by atoms with E-state index in [0.29, 0.717) is 17.2 Å². The molecule has 0 aliphatic heterocycles. The molecule has 3 rings (SSSR count). The summed E-state index contributed by atoms with van der Waals surface area (Å²) in [5.74, 6) is 0.777. The molecule has 0 heterocycles. The van der Waals surface area contributed by atoms with Crippen LogP contribution in [0.25, 0.3) is 0 Å². The highest BCUT2D eigenvalue weighted by molar-refractivity contribution is 7.92. The summed E-state index contributed by atoms with van der Waals surface area (Å²) in [6.07, 6.45) is 0. The molecule has 7 nitrogen and oxygen atoms in total. The van der Waals surface area contributed by atoms with Crippen LogP contribution in [0.2, 0.25) is 0 Å². The van der Waals surface area contributed by atoms with Gasteiger partial charge in [-0.1, -0.05) is 24.3 Å². The smallest absolute Gasteiger partial charge is 0.261 e. The maximum Gasteiger partial charge on any atom is 0.261 e. The highest BCUT2D eigenvalue weighted by Crippen LogP contribution is 2.24. The molecule has 0 spiro atoms. The molecule has 0 aromatic heterocycles. The van der Waals surface area contributed by atoms with Crippen molar-refractivity contribution < 1.29 is 22.7 Å². The van der Waals surface area contributed by atoms with Crippen LogP contribution < -0.4 is 19.5 Å². The Morgan fingerprint density at radius 3 is 2.24 bits per heavy atom. The van der Waals surface area contributed by atoms with Crippen LogP contribution in [0.3, 0.4) is 0 Å². The summed E-state index contributed by atoms with van der Waals surface area (Å²) in [6, 6.07) is 18.6. The van der Waals surface area contributed by atoms with Crippen molar-refractivity contribution in [3.8, 4) is 11.5 Å². The zero-order valence-electron chi connectivity index (χ0n) is 19.1. The Labute approximate surface area is 194 Å². The second-order valence-corrected chi connectivity index (χ2v) is 9.46. The second kappa shape index (κ2) is 10.4. The van der Waals surface area contributed by atoms with E-state index < -0.39 is 10.0 Å². The van der Waals surface area contributed by atoms with E-state index in [1.54, 1.807) is 19.2 Å². The minimum atomic E-state index is -3.74. The SMILES string of the molecule is COc1ccccc1[C@H](C)NC(=O)COc1ccc(S(=O)(=O)Nc2cc(C)cc(C)c2)cc1. The zero-order valence-corrected chi connectivity index (χ0v) is 19.9. The van der Waals surface area contributed by atoms with Crippen molar-refractivity contribution in [2.45, 2.75) is 31.7 Å². The van der Waals surface area contributed by atoms with Gasteiger partial charge in [0.1, 0.15) is 11.5 Å². The van der Waals surface area contributed by atoms with Crippen LogP contribution in [-0.2, 0) is 14.8 Å². The number of sulfonamides is 1. The molecule has 0 saturated carbocycles. The molecule has 0 saturated heterocycles. The van der Waals surface area contributed by atoms with E-state index in [1.807, 2.05) is 51.1 Å². The van der Waals surface area contributed by atoms with Gasteiger partial charge in [0, 0.05) is 11.3 Å². The summed E-state index contributed by atoms with van der Waals surface area (Å²) in [4.78, 5) is 12.4. The third-order valence-electron chi connectivity index (χ3n) is 4.96. The Morgan fingerprint density at radius 2 is 1.61 bits per heavy atom. The molecule has 174 valence electrons. The number of carbonyl (C=O) groups is 1. The molecule has 1 atom stereocenters. The van der Waals surface area contributed by atoms with Gasteiger partial charge in [0.25, 0.3) is 15.9 Å². The maximum atomic E-state index is 12.7. The number of nitrogens with one attached hydrogen (secondary N) is 2. The highest BCUT2D eigenvalue weighted by atomic mass is 32.2. The summed E-state index contributed by atoms with van der Waals surface area (Å²) < 4.78 is 38.8. The third kappa shape index (κ3) is 6.49. The molecular formula is C25H28N2O5S. The van der Waals surface area contributed by atoms with Crippen molar-refractivity contribution in [3.63, 3.8) is 0 Å². The monoisotopic (exact) mass is 468 g/mol. The molecular weight excluding hydrogens is 440 g/mol. The van der Waals surface area contributed by atoms with Crippen LogP contribution in [0.15, 0.2) is 71.6 Å². The number of anilines is 1. The van der Waals surface area contributed by atoms with E-state index >= 15 is 0 Å². The molecule has 0 fully saturated rings. The Morgan fingerprint density at radius 1 is 0.970 bits per heavy atom. The van der Waals surface area contributed by atoms with E-state index in [9.17, 15) is 13.2 Å². The lowest BCUT2D eigenvalue weighted by atomic mass is 10.1. The fraction of sp³-hybridized carbons (Fsp3) is 0.240. The van der Waals surface area contributed by atoms with Gasteiger partial charge in [0.15, 0.2) is 6.61 Å². The van der Waals surface area contributed by atoms with Gasteiger partial charge in [-0.2, -0.15) is 0 Å². The summed E-state index contributed by atoms with van der Waals surface area (Å²) in [6.45, 7) is 5.47. The van der Waals surface area contributed by atoms with Gasteiger partial charge in [0.2, 0.25) is 0 Å². The number of rotatable bonds is 9. The summed E-state index contributed by atoms with van der Waals surface area (Å²) in [5, 5.41) is 2.86. The average molecular weight is 469 g/mol. The Kier molecular flexibility index (Phi) is 7.60. The van der Waals surface area contributed by atoms with Crippen molar-refractivity contribution in [1.29, 1.82) is 0 Å². The summed E-state index contributed by atoms with van der Waals surface area (Å²) in [7, 11) is -2.16. The minimum absolute atomic E-state index is 0.100. The molecule has 0 aliphatic carbocycles. The lowest BCUT2D eigenvalue weighted by Crippen LogP contribution is -2.31. The fourth-order valence-electron chi connectivity index (χ4n) is 3.50. The molecule has 0 radical (unpaired) electrons. The van der Waals surface area contributed by atoms with Crippen molar-refractivity contribution in [2.75, 3.05) is 18.4 Å². The van der Waals surface area contributed by atoms with Crippen LogP contribution in [0.4, 0.5) is 5.69 Å². The first-order chi connectivity index (χ1) is 15.7. The number of aryl methyl sites for hydroxylation is 2. The summed E-state index contributed by atoms with van der Waals surface area (Å²) >= 11 is 0. The normalized spacial score (nSPS) is 12.0. The van der Waals surface area contributed by atoms with Gasteiger partial charge >= 0.3 is 0 Å². The number of amides is 1. The zero-order chi connectivity index (χ0) is 24.0. The Hall–Kier alpha value is -3.52. The highest BCUT2D eigenvalue weighted by Gasteiger charge is 2.16. The topological polar surface area (TPSA) is 93.7 Å².